The standard InChI is InChI=1S/C16H13ClFN3O/c1-9-8-21(2)15-13(9)14(17)12(7-19-15)16(22)20-11-5-3-10(18)4-6-11/h3-8H,1-2H3,(H,20,22). The highest BCUT2D eigenvalue weighted by Gasteiger charge is 2.17. The first-order valence-corrected chi connectivity index (χ1v) is 7.02. The van der Waals surface area contributed by atoms with Crippen LogP contribution in [-0.4, -0.2) is 15.5 Å². The highest BCUT2D eigenvalue weighted by molar-refractivity contribution is 6.39. The number of hydrogen-bond acceptors (Lipinski definition) is 2. The maximum atomic E-state index is 12.9. The molecule has 0 unspecified atom stereocenters. The highest BCUT2D eigenvalue weighted by Crippen LogP contribution is 2.29. The molecule has 0 aliphatic carbocycles. The summed E-state index contributed by atoms with van der Waals surface area (Å²) < 4.78 is 14.7. The van der Waals surface area contributed by atoms with Crippen molar-refractivity contribution in [1.82, 2.24) is 9.55 Å². The van der Waals surface area contributed by atoms with Crippen LogP contribution in [0, 0.1) is 12.7 Å². The van der Waals surface area contributed by atoms with Gasteiger partial charge in [-0.05, 0) is 36.8 Å². The normalized spacial score (nSPS) is 10.9. The van der Waals surface area contributed by atoms with Crippen molar-refractivity contribution >= 4 is 34.2 Å². The molecule has 0 radical (unpaired) electrons. The van der Waals surface area contributed by atoms with E-state index in [2.05, 4.69) is 10.3 Å². The topological polar surface area (TPSA) is 46.9 Å². The molecular formula is C16H13ClFN3O. The summed E-state index contributed by atoms with van der Waals surface area (Å²) in [7, 11) is 1.87. The SMILES string of the molecule is Cc1cn(C)c2ncc(C(=O)Nc3ccc(F)cc3)c(Cl)c12. The summed E-state index contributed by atoms with van der Waals surface area (Å²) in [5, 5.41) is 3.80. The minimum atomic E-state index is -0.380. The molecule has 1 aromatic carbocycles. The number of rotatable bonds is 2. The van der Waals surface area contributed by atoms with E-state index in [1.807, 2.05) is 24.7 Å². The molecule has 1 amide bonds. The second kappa shape index (κ2) is 5.42. The van der Waals surface area contributed by atoms with Gasteiger partial charge in [0, 0.05) is 30.5 Å². The van der Waals surface area contributed by atoms with Crippen molar-refractivity contribution in [2.24, 2.45) is 7.05 Å². The summed E-state index contributed by atoms with van der Waals surface area (Å²) in [5.41, 5.74) is 2.45. The molecule has 1 N–H and O–H groups in total. The van der Waals surface area contributed by atoms with Crippen molar-refractivity contribution < 1.29 is 9.18 Å². The number of carbonyl (C=O) groups is 1. The fourth-order valence-corrected chi connectivity index (χ4v) is 2.77. The van der Waals surface area contributed by atoms with Gasteiger partial charge in [-0.2, -0.15) is 0 Å². The summed E-state index contributed by atoms with van der Waals surface area (Å²) in [6, 6.07) is 5.53. The fourth-order valence-electron chi connectivity index (χ4n) is 2.40. The molecular weight excluding hydrogens is 305 g/mol. The first-order valence-electron chi connectivity index (χ1n) is 6.64. The number of nitrogens with one attached hydrogen (secondary N) is 1. The van der Waals surface area contributed by atoms with E-state index in [-0.39, 0.29) is 17.3 Å². The lowest BCUT2D eigenvalue weighted by molar-refractivity contribution is 0.102. The molecule has 6 heteroatoms. The number of anilines is 1. The minimum Gasteiger partial charge on any atom is -0.335 e. The number of pyridine rings is 1. The van der Waals surface area contributed by atoms with Crippen molar-refractivity contribution in [3.63, 3.8) is 0 Å². The van der Waals surface area contributed by atoms with Gasteiger partial charge in [-0.3, -0.25) is 4.79 Å². The van der Waals surface area contributed by atoms with E-state index in [0.29, 0.717) is 10.7 Å². The van der Waals surface area contributed by atoms with Gasteiger partial charge >= 0.3 is 0 Å². The Morgan fingerprint density at radius 3 is 2.68 bits per heavy atom. The Kier molecular flexibility index (Phi) is 3.58. The van der Waals surface area contributed by atoms with Crippen molar-refractivity contribution in [3.8, 4) is 0 Å². The Morgan fingerprint density at radius 2 is 2.00 bits per heavy atom. The molecule has 2 aromatic heterocycles. The molecule has 3 aromatic rings. The lowest BCUT2D eigenvalue weighted by atomic mass is 10.1. The van der Waals surface area contributed by atoms with Gasteiger partial charge in [-0.1, -0.05) is 11.6 Å². The zero-order chi connectivity index (χ0) is 15.9. The smallest absolute Gasteiger partial charge is 0.258 e. The summed E-state index contributed by atoms with van der Waals surface area (Å²) in [4.78, 5) is 16.6. The molecule has 3 rings (SSSR count). The third-order valence-corrected chi connectivity index (χ3v) is 3.85. The Hall–Kier alpha value is -2.40. The number of amides is 1. The van der Waals surface area contributed by atoms with Gasteiger partial charge in [0.25, 0.3) is 5.91 Å². The van der Waals surface area contributed by atoms with Crippen molar-refractivity contribution in [2.75, 3.05) is 5.32 Å². The van der Waals surface area contributed by atoms with Gasteiger partial charge in [0.15, 0.2) is 0 Å². The van der Waals surface area contributed by atoms with E-state index in [0.717, 1.165) is 16.6 Å². The molecule has 0 saturated carbocycles. The van der Waals surface area contributed by atoms with Gasteiger partial charge in [0.1, 0.15) is 11.5 Å². The van der Waals surface area contributed by atoms with Crippen LogP contribution in [0.25, 0.3) is 11.0 Å². The number of hydrogen-bond donors (Lipinski definition) is 1. The van der Waals surface area contributed by atoms with E-state index < -0.39 is 0 Å². The Morgan fingerprint density at radius 1 is 1.32 bits per heavy atom. The van der Waals surface area contributed by atoms with E-state index in [9.17, 15) is 9.18 Å². The molecule has 0 atom stereocenters. The molecule has 0 saturated heterocycles. The highest BCUT2D eigenvalue weighted by atomic mass is 35.5. The van der Waals surface area contributed by atoms with Crippen LogP contribution in [0.5, 0.6) is 0 Å². The summed E-state index contributed by atoms with van der Waals surface area (Å²) >= 11 is 6.37. The van der Waals surface area contributed by atoms with E-state index in [4.69, 9.17) is 11.6 Å². The zero-order valence-electron chi connectivity index (χ0n) is 12.0. The monoisotopic (exact) mass is 317 g/mol. The van der Waals surface area contributed by atoms with Crippen LogP contribution in [0.3, 0.4) is 0 Å². The van der Waals surface area contributed by atoms with Crippen molar-refractivity contribution in [2.45, 2.75) is 6.92 Å². The predicted molar refractivity (Wildman–Crippen MR) is 84.8 cm³/mol. The molecule has 0 aliphatic heterocycles. The average Bonchev–Trinajstić information content (AvgIpc) is 2.77. The number of benzene rings is 1. The molecule has 22 heavy (non-hydrogen) atoms. The van der Waals surface area contributed by atoms with Crippen LogP contribution >= 0.6 is 11.6 Å². The Labute approximate surface area is 131 Å². The van der Waals surface area contributed by atoms with E-state index in [1.54, 1.807) is 0 Å². The van der Waals surface area contributed by atoms with Crippen molar-refractivity contribution in [3.05, 3.63) is 58.6 Å². The van der Waals surface area contributed by atoms with Crippen LogP contribution in [0.1, 0.15) is 15.9 Å². The van der Waals surface area contributed by atoms with Gasteiger partial charge in [0.05, 0.1) is 10.6 Å². The molecule has 2 heterocycles. The first-order chi connectivity index (χ1) is 10.5. The third-order valence-electron chi connectivity index (χ3n) is 3.46. The van der Waals surface area contributed by atoms with Crippen LogP contribution in [-0.2, 0) is 7.05 Å². The van der Waals surface area contributed by atoms with Crippen LogP contribution in [0.15, 0.2) is 36.7 Å². The maximum absolute atomic E-state index is 12.9. The third kappa shape index (κ3) is 2.44. The Balaban J connectivity index is 1.99. The summed E-state index contributed by atoms with van der Waals surface area (Å²) in [6.45, 7) is 1.91. The summed E-state index contributed by atoms with van der Waals surface area (Å²) in [6.07, 6.45) is 3.36. The first kappa shape index (κ1) is 14.5. The number of aromatic nitrogens is 2. The molecule has 0 aliphatic rings. The summed E-state index contributed by atoms with van der Waals surface area (Å²) in [5.74, 6) is -0.742. The molecule has 0 fully saturated rings. The number of aryl methyl sites for hydroxylation is 2. The van der Waals surface area contributed by atoms with Gasteiger partial charge in [-0.25, -0.2) is 9.37 Å². The molecule has 0 bridgehead atoms. The maximum Gasteiger partial charge on any atom is 0.258 e. The van der Waals surface area contributed by atoms with Crippen LogP contribution in [0.2, 0.25) is 5.02 Å². The largest absolute Gasteiger partial charge is 0.335 e. The van der Waals surface area contributed by atoms with Gasteiger partial charge in [0.2, 0.25) is 0 Å². The predicted octanol–water partition coefficient (Wildman–Crippen LogP) is 3.93. The zero-order valence-corrected chi connectivity index (χ0v) is 12.8. The minimum absolute atomic E-state index is 0.285. The van der Waals surface area contributed by atoms with E-state index >= 15 is 0 Å². The fraction of sp³-hybridized carbons (Fsp3) is 0.125. The van der Waals surface area contributed by atoms with Crippen LogP contribution < -0.4 is 5.32 Å². The lowest BCUT2D eigenvalue weighted by Gasteiger charge is -2.08. The molecule has 112 valence electrons. The van der Waals surface area contributed by atoms with Gasteiger partial charge < -0.3 is 9.88 Å². The Bertz CT molecular complexity index is 871. The molecule has 0 spiro atoms. The van der Waals surface area contributed by atoms with Crippen molar-refractivity contribution in [1.29, 1.82) is 0 Å². The van der Waals surface area contributed by atoms with Gasteiger partial charge in [-0.15, -0.1) is 0 Å². The quantitative estimate of drug-likeness (QED) is 0.778. The second-order valence-electron chi connectivity index (χ2n) is 5.07. The molecule has 4 nitrogen and oxygen atoms in total. The van der Waals surface area contributed by atoms with E-state index in [1.165, 1.54) is 30.5 Å². The number of fused-ring (bicyclic) bond motifs is 1. The second-order valence-corrected chi connectivity index (χ2v) is 5.45. The number of carbonyl (C=O) groups excluding carboxylic acids is 1. The number of halogens is 2. The van der Waals surface area contributed by atoms with Crippen LogP contribution in [0.4, 0.5) is 10.1 Å². The average molecular weight is 318 g/mol. The lowest BCUT2D eigenvalue weighted by Crippen LogP contribution is -2.13. The number of nitrogens with zero attached hydrogens (tertiary/aromatic N) is 2.